The second-order valence-corrected chi connectivity index (χ2v) is 13.4. The van der Waals surface area contributed by atoms with Gasteiger partial charge in [-0.05, 0) is 75.9 Å². The zero-order chi connectivity index (χ0) is 31.1. The van der Waals surface area contributed by atoms with E-state index in [1.54, 1.807) is 31.2 Å². The number of carbonyl (C=O) groups excluding carboxylic acids is 2. The molecule has 43 heavy (non-hydrogen) atoms. The Morgan fingerprint density at radius 1 is 0.884 bits per heavy atom. The Kier molecular flexibility index (Phi) is 10.5. The second-order valence-electron chi connectivity index (χ2n) is 11.5. The third-order valence-electron chi connectivity index (χ3n) is 8.08. The van der Waals surface area contributed by atoms with Crippen LogP contribution in [0, 0.1) is 20.8 Å². The van der Waals surface area contributed by atoms with Crippen LogP contribution >= 0.6 is 0 Å². The van der Waals surface area contributed by atoms with Crippen LogP contribution in [0.25, 0.3) is 0 Å². The normalized spacial score (nSPS) is 14.5. The van der Waals surface area contributed by atoms with E-state index in [-0.39, 0.29) is 29.1 Å². The molecule has 0 saturated heterocycles. The minimum absolute atomic E-state index is 0.0580. The SMILES string of the molecule is COc1ccc(C)cc1N(CC(=O)N(Cc1ccc(C)cc1)[C@H](C)C(=O)NC1CCCCC1)S(=O)(=O)c1ccc(C)cc1. The van der Waals surface area contributed by atoms with E-state index in [9.17, 15) is 18.0 Å². The predicted molar refractivity (Wildman–Crippen MR) is 170 cm³/mol. The number of aryl methyl sites for hydroxylation is 3. The zero-order valence-corrected chi connectivity index (χ0v) is 26.6. The molecule has 0 bridgehead atoms. The maximum atomic E-state index is 14.3. The number of methoxy groups -OCH3 is 1. The van der Waals surface area contributed by atoms with Crippen molar-refractivity contribution in [3.05, 3.63) is 89.0 Å². The molecule has 1 aliphatic carbocycles. The topological polar surface area (TPSA) is 96.0 Å². The number of hydrogen-bond acceptors (Lipinski definition) is 5. The summed E-state index contributed by atoms with van der Waals surface area (Å²) in [5.74, 6) is -0.415. The Balaban J connectivity index is 1.72. The highest BCUT2D eigenvalue weighted by atomic mass is 32.2. The van der Waals surface area contributed by atoms with Crippen molar-refractivity contribution in [1.82, 2.24) is 10.2 Å². The monoisotopic (exact) mass is 605 g/mol. The Morgan fingerprint density at radius 2 is 1.47 bits per heavy atom. The van der Waals surface area contributed by atoms with E-state index in [0.717, 1.165) is 58.7 Å². The molecule has 1 fully saturated rings. The molecule has 1 saturated carbocycles. The molecule has 3 aromatic carbocycles. The summed E-state index contributed by atoms with van der Waals surface area (Å²) in [6.45, 7) is 7.06. The van der Waals surface area contributed by atoms with Crippen LogP contribution in [0.15, 0.2) is 71.6 Å². The molecule has 1 N–H and O–H groups in total. The van der Waals surface area contributed by atoms with Crippen molar-refractivity contribution in [2.45, 2.75) is 83.3 Å². The quantitative estimate of drug-likeness (QED) is 0.303. The molecule has 1 atom stereocenters. The lowest BCUT2D eigenvalue weighted by molar-refractivity contribution is -0.139. The molecule has 1 aliphatic rings. The fourth-order valence-corrected chi connectivity index (χ4v) is 6.80. The number of rotatable bonds is 11. The van der Waals surface area contributed by atoms with Crippen LogP contribution in [-0.4, -0.2) is 50.9 Å². The summed E-state index contributed by atoms with van der Waals surface area (Å²) in [7, 11) is -2.72. The largest absolute Gasteiger partial charge is 0.495 e. The van der Waals surface area contributed by atoms with Crippen LogP contribution in [0.2, 0.25) is 0 Å². The third kappa shape index (κ3) is 7.96. The molecule has 8 nitrogen and oxygen atoms in total. The van der Waals surface area contributed by atoms with Gasteiger partial charge in [-0.25, -0.2) is 8.42 Å². The number of benzene rings is 3. The van der Waals surface area contributed by atoms with Gasteiger partial charge in [0.15, 0.2) is 0 Å². The van der Waals surface area contributed by atoms with Crippen LogP contribution in [0.1, 0.15) is 61.3 Å². The molecule has 2 amide bonds. The van der Waals surface area contributed by atoms with Crippen molar-refractivity contribution < 1.29 is 22.7 Å². The van der Waals surface area contributed by atoms with Gasteiger partial charge in [0.2, 0.25) is 11.8 Å². The first-order valence-electron chi connectivity index (χ1n) is 14.9. The lowest BCUT2D eigenvalue weighted by atomic mass is 9.95. The lowest BCUT2D eigenvalue weighted by Crippen LogP contribution is -2.53. The number of carbonyl (C=O) groups is 2. The van der Waals surface area contributed by atoms with Gasteiger partial charge < -0.3 is 15.0 Å². The van der Waals surface area contributed by atoms with Crippen molar-refractivity contribution in [3.63, 3.8) is 0 Å². The standard InChI is InChI=1S/C34H43N3O5S/c1-24-11-16-28(17-12-24)22-36(27(4)34(39)35-29-9-7-6-8-10-29)33(38)23-37(31-21-26(3)15-20-32(31)42-5)43(40,41)30-18-13-25(2)14-19-30/h11-21,27,29H,6-10,22-23H2,1-5H3,(H,35,39)/t27-/m1/s1. The molecule has 9 heteroatoms. The summed E-state index contributed by atoms with van der Waals surface area (Å²) in [4.78, 5) is 29.3. The fourth-order valence-electron chi connectivity index (χ4n) is 5.39. The molecule has 0 aromatic heterocycles. The molecule has 0 radical (unpaired) electrons. The highest BCUT2D eigenvalue weighted by Crippen LogP contribution is 2.34. The van der Waals surface area contributed by atoms with E-state index in [1.165, 1.54) is 24.1 Å². The van der Waals surface area contributed by atoms with Gasteiger partial charge in [-0.1, -0.05) is 72.9 Å². The highest BCUT2D eigenvalue weighted by Gasteiger charge is 2.34. The fraction of sp³-hybridized carbons (Fsp3) is 0.412. The van der Waals surface area contributed by atoms with Crippen LogP contribution in [-0.2, 0) is 26.2 Å². The summed E-state index contributed by atoms with van der Waals surface area (Å²) in [5.41, 5.74) is 3.90. The van der Waals surface area contributed by atoms with Gasteiger partial charge in [0.05, 0.1) is 17.7 Å². The molecular formula is C34H43N3O5S. The van der Waals surface area contributed by atoms with Crippen molar-refractivity contribution in [2.24, 2.45) is 0 Å². The summed E-state index contributed by atoms with van der Waals surface area (Å²) in [6.07, 6.45) is 5.12. The van der Waals surface area contributed by atoms with Crippen LogP contribution < -0.4 is 14.4 Å². The van der Waals surface area contributed by atoms with Crippen LogP contribution in [0.3, 0.4) is 0 Å². The lowest BCUT2D eigenvalue weighted by Gasteiger charge is -2.33. The number of amides is 2. The van der Waals surface area contributed by atoms with Crippen molar-refractivity contribution in [2.75, 3.05) is 18.0 Å². The molecule has 3 aromatic rings. The summed E-state index contributed by atoms with van der Waals surface area (Å²) in [5, 5.41) is 3.14. The average Bonchev–Trinajstić information content (AvgIpc) is 2.99. The number of anilines is 1. The van der Waals surface area contributed by atoms with Gasteiger partial charge in [-0.2, -0.15) is 0 Å². The molecule has 0 heterocycles. The number of sulfonamides is 1. The Morgan fingerprint density at radius 3 is 2.07 bits per heavy atom. The third-order valence-corrected chi connectivity index (χ3v) is 9.86. The van der Waals surface area contributed by atoms with E-state index in [2.05, 4.69) is 5.32 Å². The van der Waals surface area contributed by atoms with E-state index < -0.39 is 28.5 Å². The minimum Gasteiger partial charge on any atom is -0.495 e. The minimum atomic E-state index is -4.19. The van der Waals surface area contributed by atoms with E-state index >= 15 is 0 Å². The summed E-state index contributed by atoms with van der Waals surface area (Å²) < 4.78 is 35.0. The number of hydrogen-bond donors (Lipinski definition) is 1. The Bertz CT molecular complexity index is 1510. The number of nitrogens with zero attached hydrogens (tertiary/aromatic N) is 2. The first kappa shape index (κ1) is 32.1. The smallest absolute Gasteiger partial charge is 0.264 e. The first-order chi connectivity index (χ1) is 20.5. The van der Waals surface area contributed by atoms with Gasteiger partial charge in [0, 0.05) is 12.6 Å². The van der Waals surface area contributed by atoms with Crippen LogP contribution in [0.5, 0.6) is 5.75 Å². The molecule has 0 spiro atoms. The van der Waals surface area contributed by atoms with Gasteiger partial charge in [0.1, 0.15) is 18.3 Å². The first-order valence-corrected chi connectivity index (χ1v) is 16.3. The van der Waals surface area contributed by atoms with Gasteiger partial charge >= 0.3 is 0 Å². The zero-order valence-electron chi connectivity index (χ0n) is 25.8. The van der Waals surface area contributed by atoms with Crippen molar-refractivity contribution in [1.29, 1.82) is 0 Å². The van der Waals surface area contributed by atoms with Crippen molar-refractivity contribution >= 4 is 27.5 Å². The molecule has 4 rings (SSSR count). The van der Waals surface area contributed by atoms with Crippen molar-refractivity contribution in [3.8, 4) is 5.75 Å². The molecule has 230 valence electrons. The second kappa shape index (κ2) is 14.1. The number of nitrogens with one attached hydrogen (secondary N) is 1. The maximum Gasteiger partial charge on any atom is 0.264 e. The molecule has 0 aliphatic heterocycles. The van der Waals surface area contributed by atoms with E-state index in [4.69, 9.17) is 4.74 Å². The maximum absolute atomic E-state index is 14.3. The summed E-state index contributed by atoms with van der Waals surface area (Å²) in [6, 6.07) is 18.7. The number of ether oxygens (including phenoxy) is 1. The predicted octanol–water partition coefficient (Wildman–Crippen LogP) is 5.68. The van der Waals surface area contributed by atoms with E-state index in [1.807, 2.05) is 51.1 Å². The van der Waals surface area contributed by atoms with Crippen LogP contribution in [0.4, 0.5) is 5.69 Å². The van der Waals surface area contributed by atoms with Gasteiger partial charge in [-0.15, -0.1) is 0 Å². The average molecular weight is 606 g/mol. The Labute approximate surface area is 256 Å². The highest BCUT2D eigenvalue weighted by molar-refractivity contribution is 7.92. The van der Waals surface area contributed by atoms with Gasteiger partial charge in [0.25, 0.3) is 10.0 Å². The summed E-state index contributed by atoms with van der Waals surface area (Å²) >= 11 is 0. The van der Waals surface area contributed by atoms with E-state index in [0.29, 0.717) is 5.75 Å². The molecule has 0 unspecified atom stereocenters. The Hall–Kier alpha value is -3.85. The van der Waals surface area contributed by atoms with Gasteiger partial charge in [-0.3, -0.25) is 13.9 Å². The molecular weight excluding hydrogens is 562 g/mol.